The van der Waals surface area contributed by atoms with E-state index < -0.39 is 90.8 Å². The number of carbonyl (C=O) groups excluding carboxylic acids is 6. The number of rotatable bonds is 20. The summed E-state index contributed by atoms with van der Waals surface area (Å²) in [4.78, 5) is 97.5. The van der Waals surface area contributed by atoms with Gasteiger partial charge in [0, 0.05) is 18.8 Å². The molecular weight excluding hydrogens is 660 g/mol. The van der Waals surface area contributed by atoms with Gasteiger partial charge in [-0.2, -0.15) is 0 Å². The van der Waals surface area contributed by atoms with Gasteiger partial charge in [-0.25, -0.2) is 13.8 Å². The molecule has 2 unspecified atom stereocenters. The monoisotopic (exact) mass is 709 g/mol. The van der Waals surface area contributed by atoms with Gasteiger partial charge >= 0.3 is 5.97 Å². The molecule has 0 saturated heterocycles. The first-order valence-corrected chi connectivity index (χ1v) is 16.9. The minimum Gasteiger partial charge on any atom is -0.480 e. The third-order valence-electron chi connectivity index (χ3n) is 8.52. The zero-order valence-electron chi connectivity index (χ0n) is 28.9. The topological polar surface area (TPSA) is 226 Å². The van der Waals surface area contributed by atoms with Gasteiger partial charge in [0.05, 0.1) is 6.20 Å². The smallest absolute Gasteiger partial charge is 0.322 e. The third kappa shape index (κ3) is 14.1. The normalized spacial score (nSPS) is 16.3. The van der Waals surface area contributed by atoms with Crippen LogP contribution < -0.4 is 26.6 Å². The molecule has 17 heteroatoms. The lowest BCUT2D eigenvalue weighted by molar-refractivity contribution is -0.143. The second-order valence-electron chi connectivity index (χ2n) is 13.0. The van der Waals surface area contributed by atoms with Crippen LogP contribution in [0, 0.1) is 17.8 Å². The lowest BCUT2D eigenvalue weighted by Gasteiger charge is -2.31. The molecule has 1 aliphatic rings. The molecule has 278 valence electrons. The van der Waals surface area contributed by atoms with E-state index in [-0.39, 0.29) is 30.4 Å². The molecule has 0 radical (unpaired) electrons. The number of nitrogens with zero attached hydrogens (tertiary/aromatic N) is 2. The van der Waals surface area contributed by atoms with E-state index in [2.05, 4.69) is 31.2 Å². The number of carbonyl (C=O) groups is 7. The summed E-state index contributed by atoms with van der Waals surface area (Å²) in [5, 5.41) is 20.8. The molecule has 15 nitrogen and oxygen atoms in total. The zero-order valence-corrected chi connectivity index (χ0v) is 28.9. The first-order valence-electron chi connectivity index (χ1n) is 16.9. The molecule has 50 heavy (non-hydrogen) atoms. The van der Waals surface area contributed by atoms with Gasteiger partial charge in [-0.15, -0.1) is 0 Å². The van der Waals surface area contributed by atoms with Crippen LogP contribution in [0.25, 0.3) is 0 Å². The number of hydrogen-bond donors (Lipinski definition) is 6. The number of amides is 5. The maximum absolute atomic E-state index is 13.9. The van der Waals surface area contributed by atoms with Crippen molar-refractivity contribution < 1.29 is 47.4 Å². The van der Waals surface area contributed by atoms with Crippen LogP contribution in [-0.2, 0) is 28.8 Å². The summed E-state index contributed by atoms with van der Waals surface area (Å²) in [6.07, 6.45) is 4.61. The number of carboxylic acid groups (broad SMARTS) is 1. The Morgan fingerprint density at radius 2 is 1.48 bits per heavy atom. The fourth-order valence-corrected chi connectivity index (χ4v) is 5.64. The highest BCUT2D eigenvalue weighted by molar-refractivity contribution is 6.38. The van der Waals surface area contributed by atoms with Crippen LogP contribution in [-0.4, -0.2) is 93.5 Å². The predicted molar refractivity (Wildman–Crippen MR) is 175 cm³/mol. The van der Waals surface area contributed by atoms with Crippen molar-refractivity contribution in [3.63, 3.8) is 0 Å². The van der Waals surface area contributed by atoms with Gasteiger partial charge in [0.2, 0.25) is 29.9 Å². The molecule has 1 saturated carbocycles. The molecular formula is C33H49F2N7O8. The average Bonchev–Trinajstić information content (AvgIpc) is 3.08. The molecule has 1 fully saturated rings. The Labute approximate surface area is 289 Å². The summed E-state index contributed by atoms with van der Waals surface area (Å²) in [5.41, 5.74) is -0.00941. The highest BCUT2D eigenvalue weighted by atomic mass is 19.3. The van der Waals surface area contributed by atoms with Gasteiger partial charge in [0.25, 0.3) is 11.8 Å². The lowest BCUT2D eigenvalue weighted by Crippen LogP contribution is -2.60. The molecule has 1 heterocycles. The summed E-state index contributed by atoms with van der Waals surface area (Å²) in [6, 6.07) is -5.56. The molecule has 0 bridgehead atoms. The van der Waals surface area contributed by atoms with Gasteiger partial charge in [0.1, 0.15) is 36.4 Å². The van der Waals surface area contributed by atoms with Crippen LogP contribution in [0.1, 0.15) is 96.0 Å². The van der Waals surface area contributed by atoms with Crippen molar-refractivity contribution in [3.8, 4) is 0 Å². The van der Waals surface area contributed by atoms with E-state index in [1.54, 1.807) is 19.2 Å². The van der Waals surface area contributed by atoms with Crippen molar-refractivity contribution in [2.24, 2.45) is 17.8 Å². The third-order valence-corrected chi connectivity index (χ3v) is 8.52. The van der Waals surface area contributed by atoms with E-state index in [1.165, 1.54) is 18.6 Å². The molecule has 0 aliphatic heterocycles. The molecule has 0 spiro atoms. The molecule has 5 atom stereocenters. The Bertz CT molecular complexity index is 1330. The highest BCUT2D eigenvalue weighted by Crippen LogP contribution is 2.27. The van der Waals surface area contributed by atoms with Crippen molar-refractivity contribution in [2.75, 3.05) is 6.54 Å². The summed E-state index contributed by atoms with van der Waals surface area (Å²) < 4.78 is 26.9. The number of aliphatic carboxylic acids is 1. The lowest BCUT2D eigenvalue weighted by atomic mass is 9.84. The van der Waals surface area contributed by atoms with Crippen LogP contribution in [0.15, 0.2) is 18.6 Å². The van der Waals surface area contributed by atoms with Crippen molar-refractivity contribution in [3.05, 3.63) is 24.3 Å². The van der Waals surface area contributed by atoms with Crippen LogP contribution >= 0.6 is 0 Å². The highest BCUT2D eigenvalue weighted by Gasteiger charge is 2.36. The second kappa shape index (κ2) is 20.8. The fraction of sp³-hybridized carbons (Fsp3) is 0.667. The number of hydrogen-bond acceptors (Lipinski definition) is 9. The van der Waals surface area contributed by atoms with E-state index >= 15 is 0 Å². The van der Waals surface area contributed by atoms with Crippen molar-refractivity contribution in [1.29, 1.82) is 0 Å². The number of Topliss-reactive ketones (excluding diaryl/α,β-unsaturated/α-hetero) is 1. The first kappa shape index (κ1) is 41.6. The van der Waals surface area contributed by atoms with Gasteiger partial charge < -0.3 is 31.7 Å². The molecule has 1 aromatic heterocycles. The van der Waals surface area contributed by atoms with Crippen molar-refractivity contribution >= 4 is 41.3 Å². The van der Waals surface area contributed by atoms with Crippen molar-refractivity contribution in [2.45, 2.75) is 116 Å². The summed E-state index contributed by atoms with van der Waals surface area (Å²) >= 11 is 0. The van der Waals surface area contributed by atoms with Gasteiger partial charge in [-0.3, -0.25) is 38.5 Å². The van der Waals surface area contributed by atoms with Gasteiger partial charge in [-0.05, 0) is 30.6 Å². The summed E-state index contributed by atoms with van der Waals surface area (Å²) in [7, 11) is 0. The molecule has 5 amide bonds. The Morgan fingerprint density at radius 1 is 0.840 bits per heavy atom. The number of carboxylic acids is 1. The molecule has 1 aliphatic carbocycles. The Morgan fingerprint density at radius 3 is 2.04 bits per heavy atom. The van der Waals surface area contributed by atoms with E-state index in [4.69, 9.17) is 5.11 Å². The minimum atomic E-state index is -3.11. The number of alkyl halides is 2. The van der Waals surface area contributed by atoms with E-state index in [9.17, 15) is 42.3 Å². The number of aromatic nitrogens is 2. The summed E-state index contributed by atoms with van der Waals surface area (Å²) in [5.74, 6) is -7.95. The Kier molecular flexibility index (Phi) is 17.3. The van der Waals surface area contributed by atoms with Gasteiger partial charge in [0.15, 0.2) is 0 Å². The Hall–Kier alpha value is -4.57. The number of ketones is 1. The van der Waals surface area contributed by atoms with Crippen LogP contribution in [0.2, 0.25) is 0 Å². The molecule has 6 N–H and O–H groups in total. The maximum atomic E-state index is 13.9. The van der Waals surface area contributed by atoms with E-state index in [1.807, 2.05) is 13.8 Å². The van der Waals surface area contributed by atoms with Crippen LogP contribution in [0.5, 0.6) is 0 Å². The van der Waals surface area contributed by atoms with Crippen LogP contribution in [0.3, 0.4) is 0 Å². The van der Waals surface area contributed by atoms with Gasteiger partial charge in [-0.1, -0.05) is 66.2 Å². The van der Waals surface area contributed by atoms with Crippen molar-refractivity contribution in [1.82, 2.24) is 36.6 Å². The minimum absolute atomic E-state index is 0.00941. The van der Waals surface area contributed by atoms with E-state index in [0.29, 0.717) is 6.42 Å². The SMILES string of the molecule is CCC(C)C(NC(=O)[C@H](CC(C)C)NC(=O)c1cnccn1)C(=O)N[C@@H](CC1CCCCC1)C(=O)N[C@@H](CC(F)F)C(=O)C(=O)NCC(=O)O. The molecule has 1 aromatic rings. The fourth-order valence-electron chi connectivity index (χ4n) is 5.64. The Balaban J connectivity index is 2.32. The average molecular weight is 710 g/mol. The predicted octanol–water partition coefficient (Wildman–Crippen LogP) is 1.52. The van der Waals surface area contributed by atoms with E-state index in [0.717, 1.165) is 32.1 Å². The quantitative estimate of drug-likeness (QED) is 0.107. The first-order chi connectivity index (χ1) is 23.6. The second-order valence-corrected chi connectivity index (χ2v) is 13.0. The number of halogens is 2. The molecule has 0 aromatic carbocycles. The largest absolute Gasteiger partial charge is 0.480 e. The molecule has 2 rings (SSSR count). The maximum Gasteiger partial charge on any atom is 0.322 e. The standard InChI is InChI=1S/C33H49F2N7O8/c1-5-19(4)27(42-30(47)22(13-18(2)3)40-31(48)24-16-36-11-12-37-24)32(49)41-23(14-20-9-7-6-8-10-20)29(46)39-21(15-25(34)35)28(45)33(50)38-17-26(43)44/h11-12,16,18-23,25,27H,5-10,13-15,17H2,1-4H3,(H,38,50)(H,39,46)(H,40,48)(H,41,49)(H,42,47)(H,43,44)/t19?,21-,22-,23-,27?/m0/s1. The van der Waals surface area contributed by atoms with Crippen LogP contribution in [0.4, 0.5) is 8.78 Å². The number of nitrogens with one attached hydrogen (secondary N) is 5. The zero-order chi connectivity index (χ0) is 37.4. The summed E-state index contributed by atoms with van der Waals surface area (Å²) in [6.45, 7) is 6.27.